The lowest BCUT2D eigenvalue weighted by Gasteiger charge is -2.63. The number of likely N-dealkylation sites (tertiary alicyclic amines) is 1. The van der Waals surface area contributed by atoms with Crippen LogP contribution in [0.4, 0.5) is 4.79 Å². The van der Waals surface area contributed by atoms with Crippen LogP contribution in [0.2, 0.25) is 0 Å². The summed E-state index contributed by atoms with van der Waals surface area (Å²) in [6, 6.07) is 0.693. The Morgan fingerprint density at radius 2 is 1.96 bits per heavy atom. The molecule has 1 amide bonds. The predicted molar refractivity (Wildman–Crippen MR) is 115 cm³/mol. The van der Waals surface area contributed by atoms with Gasteiger partial charge in [0.2, 0.25) is 0 Å². The third kappa shape index (κ3) is 3.75. The maximum atomic E-state index is 12.0. The van der Waals surface area contributed by atoms with E-state index in [1.54, 1.807) is 4.90 Å². The minimum absolute atomic E-state index is 0. The van der Waals surface area contributed by atoms with Gasteiger partial charge in [0.05, 0.1) is 12.1 Å². The van der Waals surface area contributed by atoms with Crippen molar-refractivity contribution in [3.8, 4) is 0 Å². The van der Waals surface area contributed by atoms with Crippen molar-refractivity contribution in [1.82, 2.24) is 15.5 Å². The summed E-state index contributed by atoms with van der Waals surface area (Å²) in [4.78, 5) is 18.2. The third-order valence-electron chi connectivity index (χ3n) is 6.43. The molecule has 0 aromatic carbocycles. The minimum atomic E-state index is -0.450. The highest BCUT2D eigenvalue weighted by Gasteiger charge is 2.66. The van der Waals surface area contributed by atoms with Crippen LogP contribution in [-0.2, 0) is 9.47 Å². The molecule has 2 heterocycles. The molecule has 0 radical (unpaired) electrons. The van der Waals surface area contributed by atoms with Crippen LogP contribution in [0.25, 0.3) is 0 Å². The van der Waals surface area contributed by atoms with Crippen LogP contribution in [0.5, 0.6) is 0 Å². The molecule has 1 spiro atoms. The van der Waals surface area contributed by atoms with Crippen molar-refractivity contribution < 1.29 is 14.3 Å². The molecule has 2 N–H and O–H groups in total. The number of ether oxygens (including phenoxy) is 2. The third-order valence-corrected chi connectivity index (χ3v) is 6.43. The number of hydrogen-bond acceptors (Lipinski definition) is 4. The fourth-order valence-corrected chi connectivity index (χ4v) is 5.01. The quantitative estimate of drug-likeness (QED) is 0.352. The highest BCUT2D eigenvalue weighted by Crippen LogP contribution is 2.62. The molecule has 154 valence electrons. The lowest BCUT2D eigenvalue weighted by atomic mass is 9.46. The molecule has 2 saturated carbocycles. The van der Waals surface area contributed by atoms with Gasteiger partial charge in [0, 0.05) is 44.1 Å². The summed E-state index contributed by atoms with van der Waals surface area (Å²) in [5.74, 6) is 1.47. The number of nitrogens with zero attached hydrogens (tertiary/aromatic N) is 2. The summed E-state index contributed by atoms with van der Waals surface area (Å²) < 4.78 is 11.4. The lowest BCUT2D eigenvalue weighted by molar-refractivity contribution is -0.171. The molecule has 4 fully saturated rings. The second kappa shape index (κ2) is 7.57. The number of carbonyl (C=O) groups is 1. The number of nitrogens with one attached hydrogen (secondary N) is 2. The molecule has 0 aromatic heterocycles. The van der Waals surface area contributed by atoms with E-state index in [0.717, 1.165) is 19.0 Å². The largest absolute Gasteiger partial charge is 0.444 e. The highest BCUT2D eigenvalue weighted by atomic mass is 127. The number of halogens is 1. The number of aliphatic imine (C=N–C) groups is 1. The number of hydrogen-bond donors (Lipinski definition) is 2. The topological polar surface area (TPSA) is 75.2 Å². The maximum absolute atomic E-state index is 12.0. The zero-order chi connectivity index (χ0) is 18.5. The van der Waals surface area contributed by atoms with Crippen molar-refractivity contribution in [2.75, 3.05) is 26.7 Å². The molecule has 0 aromatic rings. The molecular weight excluding hydrogens is 459 g/mol. The first-order valence-electron chi connectivity index (χ1n) is 9.92. The molecule has 7 nitrogen and oxygen atoms in total. The molecular formula is C19H33IN4O3. The normalized spacial score (nSPS) is 31.8. The van der Waals surface area contributed by atoms with Crippen LogP contribution >= 0.6 is 24.0 Å². The van der Waals surface area contributed by atoms with E-state index in [4.69, 9.17) is 9.47 Å². The van der Waals surface area contributed by atoms with E-state index in [9.17, 15) is 4.79 Å². The summed E-state index contributed by atoms with van der Waals surface area (Å²) in [6.07, 6.45) is 5.20. The van der Waals surface area contributed by atoms with Crippen LogP contribution in [0, 0.1) is 11.3 Å². The first kappa shape index (κ1) is 21.0. The molecule has 4 aliphatic rings. The summed E-state index contributed by atoms with van der Waals surface area (Å²) in [6.45, 7) is 7.87. The summed E-state index contributed by atoms with van der Waals surface area (Å²) in [5, 5.41) is 7.14. The molecule has 2 aliphatic carbocycles. The number of rotatable bonds is 2. The summed E-state index contributed by atoms with van der Waals surface area (Å²) >= 11 is 0. The fraction of sp³-hybridized carbons (Fsp3) is 0.895. The van der Waals surface area contributed by atoms with E-state index in [0.29, 0.717) is 36.6 Å². The van der Waals surface area contributed by atoms with Gasteiger partial charge < -0.3 is 25.0 Å². The zero-order valence-electron chi connectivity index (χ0n) is 16.8. The fourth-order valence-electron chi connectivity index (χ4n) is 5.01. The summed E-state index contributed by atoms with van der Waals surface area (Å²) in [7, 11) is 1.81. The Hall–Kier alpha value is -0.770. The molecule has 4 rings (SSSR count). The Labute approximate surface area is 179 Å². The standard InChI is InChI=1S/C19H32N4O3.HI/c1-18(2,3)26-17(24)23-10-12(11-23)21-16(20-4)22-14-13-6-9-25-15(13)19(14)7-5-8-19;/h12-15H,5-11H2,1-4H3,(H2,20,21,22);1H. The lowest BCUT2D eigenvalue weighted by Crippen LogP contribution is -2.73. The van der Waals surface area contributed by atoms with Crippen molar-refractivity contribution in [3.05, 3.63) is 0 Å². The van der Waals surface area contributed by atoms with Crippen LogP contribution in [0.1, 0.15) is 46.5 Å². The van der Waals surface area contributed by atoms with Gasteiger partial charge in [-0.05, 0) is 40.0 Å². The Morgan fingerprint density at radius 1 is 1.26 bits per heavy atom. The smallest absolute Gasteiger partial charge is 0.410 e. The number of carbonyl (C=O) groups excluding carboxylic acids is 1. The first-order chi connectivity index (χ1) is 12.3. The second-order valence-electron chi connectivity index (χ2n) is 9.25. The van der Waals surface area contributed by atoms with Crippen LogP contribution in [0.15, 0.2) is 4.99 Å². The number of guanidine groups is 1. The molecule has 8 heteroatoms. The summed E-state index contributed by atoms with van der Waals surface area (Å²) in [5.41, 5.74) is -0.116. The van der Waals surface area contributed by atoms with Crippen LogP contribution in [0.3, 0.4) is 0 Å². The number of amides is 1. The van der Waals surface area contributed by atoms with Gasteiger partial charge in [0.15, 0.2) is 5.96 Å². The highest BCUT2D eigenvalue weighted by molar-refractivity contribution is 14.0. The van der Waals surface area contributed by atoms with Gasteiger partial charge in [0.1, 0.15) is 5.60 Å². The molecule has 3 unspecified atom stereocenters. The molecule has 3 atom stereocenters. The monoisotopic (exact) mass is 492 g/mol. The minimum Gasteiger partial charge on any atom is -0.444 e. The van der Waals surface area contributed by atoms with Crippen molar-refractivity contribution >= 4 is 36.0 Å². The van der Waals surface area contributed by atoms with E-state index in [1.807, 2.05) is 27.8 Å². The van der Waals surface area contributed by atoms with E-state index in [2.05, 4.69) is 15.6 Å². The van der Waals surface area contributed by atoms with Gasteiger partial charge in [-0.3, -0.25) is 4.99 Å². The van der Waals surface area contributed by atoms with E-state index in [1.165, 1.54) is 19.3 Å². The van der Waals surface area contributed by atoms with Crippen molar-refractivity contribution in [1.29, 1.82) is 0 Å². The van der Waals surface area contributed by atoms with Crippen LogP contribution < -0.4 is 10.6 Å². The SMILES string of the molecule is CN=C(NC1CN(C(=O)OC(C)(C)C)C1)NC1C2CCOC2C12CCC2.I. The van der Waals surface area contributed by atoms with E-state index >= 15 is 0 Å². The molecule has 2 saturated heterocycles. The van der Waals surface area contributed by atoms with Gasteiger partial charge in [-0.2, -0.15) is 0 Å². The van der Waals surface area contributed by atoms with Gasteiger partial charge in [0.25, 0.3) is 0 Å². The average Bonchev–Trinajstić information content (AvgIpc) is 2.87. The predicted octanol–water partition coefficient (Wildman–Crippen LogP) is 2.35. The van der Waals surface area contributed by atoms with Gasteiger partial charge in [-0.1, -0.05) is 6.42 Å². The van der Waals surface area contributed by atoms with Crippen molar-refractivity contribution in [3.63, 3.8) is 0 Å². The Balaban J connectivity index is 0.00000210. The molecule has 0 bridgehead atoms. The van der Waals surface area contributed by atoms with Crippen molar-refractivity contribution in [2.24, 2.45) is 16.3 Å². The average molecular weight is 492 g/mol. The van der Waals surface area contributed by atoms with Gasteiger partial charge in [-0.15, -0.1) is 24.0 Å². The Morgan fingerprint density at radius 3 is 2.52 bits per heavy atom. The van der Waals surface area contributed by atoms with E-state index in [-0.39, 0.29) is 36.1 Å². The van der Waals surface area contributed by atoms with Crippen LogP contribution in [-0.4, -0.2) is 67.5 Å². The maximum Gasteiger partial charge on any atom is 0.410 e. The Kier molecular flexibility index (Phi) is 5.88. The first-order valence-corrected chi connectivity index (χ1v) is 9.92. The van der Waals surface area contributed by atoms with Crippen molar-refractivity contribution in [2.45, 2.75) is 70.2 Å². The van der Waals surface area contributed by atoms with E-state index < -0.39 is 5.60 Å². The Bertz CT molecular complexity index is 596. The molecule has 27 heavy (non-hydrogen) atoms. The van der Waals surface area contributed by atoms with Gasteiger partial charge >= 0.3 is 6.09 Å². The zero-order valence-corrected chi connectivity index (χ0v) is 19.1. The number of fused-ring (bicyclic) bond motifs is 2. The second-order valence-corrected chi connectivity index (χ2v) is 9.25. The van der Waals surface area contributed by atoms with Gasteiger partial charge in [-0.25, -0.2) is 4.79 Å². The molecule has 2 aliphatic heterocycles.